The SMILES string of the molecule is C=CCCCN(C)C(=NCc1ncc(-c2ccccc2)[nH]1)NCC. The molecule has 128 valence electrons. The maximum absolute atomic E-state index is 4.68. The van der Waals surface area contributed by atoms with Gasteiger partial charge in [-0.15, -0.1) is 6.58 Å². The summed E-state index contributed by atoms with van der Waals surface area (Å²) >= 11 is 0. The third-order valence-corrected chi connectivity index (χ3v) is 3.69. The van der Waals surface area contributed by atoms with Gasteiger partial charge in [0.1, 0.15) is 12.4 Å². The van der Waals surface area contributed by atoms with Crippen LogP contribution in [0, 0.1) is 0 Å². The number of aromatic amines is 1. The number of benzene rings is 1. The zero-order valence-corrected chi connectivity index (χ0v) is 14.6. The Hall–Kier alpha value is -2.56. The second-order valence-electron chi connectivity index (χ2n) is 5.63. The van der Waals surface area contributed by atoms with Crippen LogP contribution in [0.2, 0.25) is 0 Å². The number of aliphatic imine (C=N–C) groups is 1. The molecule has 0 aliphatic carbocycles. The maximum Gasteiger partial charge on any atom is 0.194 e. The Bertz CT molecular complexity index is 645. The van der Waals surface area contributed by atoms with Gasteiger partial charge in [-0.1, -0.05) is 36.4 Å². The van der Waals surface area contributed by atoms with E-state index in [-0.39, 0.29) is 0 Å². The van der Waals surface area contributed by atoms with Crippen LogP contribution in [0.1, 0.15) is 25.6 Å². The monoisotopic (exact) mass is 325 g/mol. The highest BCUT2D eigenvalue weighted by atomic mass is 15.3. The van der Waals surface area contributed by atoms with Crippen molar-refractivity contribution in [2.75, 3.05) is 20.1 Å². The third-order valence-electron chi connectivity index (χ3n) is 3.69. The topological polar surface area (TPSA) is 56.3 Å². The molecule has 2 rings (SSSR count). The summed E-state index contributed by atoms with van der Waals surface area (Å²) in [5, 5.41) is 3.33. The number of imidazole rings is 1. The van der Waals surface area contributed by atoms with Crippen LogP contribution in [0.3, 0.4) is 0 Å². The van der Waals surface area contributed by atoms with Crippen LogP contribution < -0.4 is 5.32 Å². The summed E-state index contributed by atoms with van der Waals surface area (Å²) in [4.78, 5) is 14.6. The lowest BCUT2D eigenvalue weighted by atomic mass is 10.2. The van der Waals surface area contributed by atoms with Crippen molar-refractivity contribution in [2.24, 2.45) is 4.99 Å². The van der Waals surface area contributed by atoms with Gasteiger partial charge in [0, 0.05) is 20.1 Å². The minimum absolute atomic E-state index is 0.529. The van der Waals surface area contributed by atoms with E-state index in [0.717, 1.165) is 49.0 Å². The number of unbranched alkanes of at least 4 members (excludes halogenated alkanes) is 1. The number of hydrogen-bond donors (Lipinski definition) is 2. The zero-order valence-electron chi connectivity index (χ0n) is 14.6. The lowest BCUT2D eigenvalue weighted by molar-refractivity contribution is 0.469. The normalized spacial score (nSPS) is 11.3. The summed E-state index contributed by atoms with van der Waals surface area (Å²) in [5.41, 5.74) is 2.15. The Balaban J connectivity index is 2.00. The molecule has 0 bridgehead atoms. The summed E-state index contributed by atoms with van der Waals surface area (Å²) in [7, 11) is 2.06. The van der Waals surface area contributed by atoms with Gasteiger partial charge in [-0.3, -0.25) is 0 Å². The Morgan fingerprint density at radius 1 is 1.38 bits per heavy atom. The molecule has 0 atom stereocenters. The lowest BCUT2D eigenvalue weighted by Gasteiger charge is -2.21. The van der Waals surface area contributed by atoms with Gasteiger partial charge < -0.3 is 15.2 Å². The molecule has 1 heterocycles. The van der Waals surface area contributed by atoms with Gasteiger partial charge in [-0.05, 0) is 25.3 Å². The van der Waals surface area contributed by atoms with Crippen molar-refractivity contribution in [1.29, 1.82) is 0 Å². The predicted octanol–water partition coefficient (Wildman–Crippen LogP) is 3.44. The average molecular weight is 325 g/mol. The molecule has 0 saturated carbocycles. The summed E-state index contributed by atoms with van der Waals surface area (Å²) in [6.07, 6.45) is 5.90. The number of rotatable bonds is 8. The van der Waals surface area contributed by atoms with Gasteiger partial charge in [-0.25, -0.2) is 9.98 Å². The Morgan fingerprint density at radius 2 is 2.17 bits per heavy atom. The van der Waals surface area contributed by atoms with E-state index < -0.39 is 0 Å². The van der Waals surface area contributed by atoms with Gasteiger partial charge in [0.15, 0.2) is 5.96 Å². The molecule has 0 amide bonds. The molecule has 0 aliphatic heterocycles. The van der Waals surface area contributed by atoms with E-state index in [1.807, 2.05) is 30.5 Å². The molecule has 0 aliphatic rings. The Kier molecular flexibility index (Phi) is 7.08. The minimum atomic E-state index is 0.529. The zero-order chi connectivity index (χ0) is 17.2. The summed E-state index contributed by atoms with van der Waals surface area (Å²) in [5.74, 6) is 1.77. The smallest absolute Gasteiger partial charge is 0.194 e. The second-order valence-corrected chi connectivity index (χ2v) is 5.63. The van der Waals surface area contributed by atoms with Crippen LogP contribution in [0.5, 0.6) is 0 Å². The summed E-state index contributed by atoms with van der Waals surface area (Å²) < 4.78 is 0. The van der Waals surface area contributed by atoms with Crippen LogP contribution in [-0.2, 0) is 6.54 Å². The highest BCUT2D eigenvalue weighted by Gasteiger charge is 2.06. The van der Waals surface area contributed by atoms with E-state index in [4.69, 9.17) is 0 Å². The second kappa shape index (κ2) is 9.55. The number of guanidine groups is 1. The van der Waals surface area contributed by atoms with Crippen LogP contribution in [0.4, 0.5) is 0 Å². The summed E-state index contributed by atoms with van der Waals surface area (Å²) in [6, 6.07) is 10.2. The van der Waals surface area contributed by atoms with Crippen LogP contribution >= 0.6 is 0 Å². The van der Waals surface area contributed by atoms with Crippen molar-refractivity contribution in [1.82, 2.24) is 20.2 Å². The maximum atomic E-state index is 4.68. The molecule has 5 nitrogen and oxygen atoms in total. The Labute approximate surface area is 144 Å². The first-order valence-electron chi connectivity index (χ1n) is 8.44. The number of aromatic nitrogens is 2. The van der Waals surface area contributed by atoms with Gasteiger partial charge in [0.25, 0.3) is 0 Å². The molecule has 1 aromatic carbocycles. The molecule has 0 radical (unpaired) electrons. The van der Waals surface area contributed by atoms with Crippen LogP contribution in [-0.4, -0.2) is 41.0 Å². The predicted molar refractivity (Wildman–Crippen MR) is 101 cm³/mol. The largest absolute Gasteiger partial charge is 0.357 e. The molecule has 0 spiro atoms. The molecule has 0 saturated heterocycles. The van der Waals surface area contributed by atoms with Crippen LogP contribution in [0.25, 0.3) is 11.3 Å². The van der Waals surface area contributed by atoms with Gasteiger partial charge in [-0.2, -0.15) is 0 Å². The van der Waals surface area contributed by atoms with Crippen LogP contribution in [0.15, 0.2) is 54.2 Å². The molecule has 1 aromatic heterocycles. The minimum Gasteiger partial charge on any atom is -0.357 e. The van der Waals surface area contributed by atoms with Gasteiger partial charge in [0.05, 0.1) is 11.9 Å². The average Bonchev–Trinajstić information content (AvgIpc) is 3.08. The molecule has 2 aromatic rings. The number of nitrogens with one attached hydrogen (secondary N) is 2. The fraction of sp³-hybridized carbons (Fsp3) is 0.368. The molecule has 24 heavy (non-hydrogen) atoms. The number of hydrogen-bond acceptors (Lipinski definition) is 2. The molecular formula is C19H27N5. The van der Waals surface area contributed by atoms with Gasteiger partial charge in [0.2, 0.25) is 0 Å². The van der Waals surface area contributed by atoms with Crippen molar-refractivity contribution < 1.29 is 0 Å². The van der Waals surface area contributed by atoms with E-state index in [1.165, 1.54) is 0 Å². The number of H-pyrrole nitrogens is 1. The molecular weight excluding hydrogens is 298 g/mol. The first-order valence-corrected chi connectivity index (χ1v) is 8.44. The van der Waals surface area contributed by atoms with Gasteiger partial charge >= 0.3 is 0 Å². The standard InChI is InChI=1S/C19H27N5/c1-4-6-10-13-24(3)19(20-5-2)22-15-18-21-14-17(23-18)16-11-8-7-9-12-16/h4,7-9,11-12,14H,1,5-6,10,13,15H2,2-3H3,(H,20,22)(H,21,23). The lowest BCUT2D eigenvalue weighted by Crippen LogP contribution is -2.39. The number of allylic oxidation sites excluding steroid dienone is 1. The van der Waals surface area contributed by atoms with E-state index in [2.05, 4.69) is 57.9 Å². The fourth-order valence-corrected chi connectivity index (χ4v) is 2.41. The Morgan fingerprint density at radius 3 is 2.88 bits per heavy atom. The molecule has 2 N–H and O–H groups in total. The van der Waals surface area contributed by atoms with E-state index in [9.17, 15) is 0 Å². The molecule has 0 unspecified atom stereocenters. The van der Waals surface area contributed by atoms with E-state index in [0.29, 0.717) is 6.54 Å². The quantitative estimate of drug-likeness (QED) is 0.338. The van der Waals surface area contributed by atoms with Crippen molar-refractivity contribution in [3.05, 3.63) is 55.0 Å². The van der Waals surface area contributed by atoms with E-state index in [1.54, 1.807) is 0 Å². The van der Waals surface area contributed by atoms with Crippen molar-refractivity contribution in [3.8, 4) is 11.3 Å². The molecule has 0 fully saturated rings. The van der Waals surface area contributed by atoms with E-state index >= 15 is 0 Å². The summed E-state index contributed by atoms with van der Waals surface area (Å²) in [6.45, 7) is 8.17. The third kappa shape index (κ3) is 5.26. The first-order chi connectivity index (χ1) is 11.7. The highest BCUT2D eigenvalue weighted by Crippen LogP contribution is 2.16. The highest BCUT2D eigenvalue weighted by molar-refractivity contribution is 5.79. The fourth-order valence-electron chi connectivity index (χ4n) is 2.41. The van der Waals surface area contributed by atoms with Crippen molar-refractivity contribution in [3.63, 3.8) is 0 Å². The first kappa shape index (κ1) is 17.8. The number of nitrogens with zero attached hydrogens (tertiary/aromatic N) is 3. The molecule has 5 heteroatoms. The van der Waals surface area contributed by atoms with Crippen molar-refractivity contribution >= 4 is 5.96 Å². The van der Waals surface area contributed by atoms with Crippen molar-refractivity contribution in [2.45, 2.75) is 26.3 Å².